The van der Waals surface area contributed by atoms with Crippen LogP contribution < -0.4 is 0 Å². The molecule has 0 spiro atoms. The Kier molecular flexibility index (Phi) is 7.14. The van der Waals surface area contributed by atoms with Gasteiger partial charge in [0.25, 0.3) is 0 Å². The van der Waals surface area contributed by atoms with Gasteiger partial charge in [-0.25, -0.2) is 15.0 Å². The molecule has 0 aliphatic rings. The average molecular weight is 702 g/mol. The summed E-state index contributed by atoms with van der Waals surface area (Å²) >= 11 is 0. The molecule has 0 N–H and O–H groups in total. The summed E-state index contributed by atoms with van der Waals surface area (Å²) in [5.74, 6) is 1.91. The third-order valence-electron chi connectivity index (χ3n) is 10.7. The van der Waals surface area contributed by atoms with Crippen molar-refractivity contribution in [1.29, 1.82) is 0 Å². The minimum atomic E-state index is 0.631. The van der Waals surface area contributed by atoms with E-state index in [2.05, 4.69) is 158 Å². The maximum atomic E-state index is 6.73. The van der Waals surface area contributed by atoms with Crippen LogP contribution in [0.5, 0.6) is 0 Å². The summed E-state index contributed by atoms with van der Waals surface area (Å²) < 4.78 is 6.73. The quantitative estimate of drug-likeness (QED) is 0.179. The number of aromatic nitrogens is 3. The monoisotopic (exact) mass is 701 g/mol. The minimum Gasteiger partial charge on any atom is -0.455 e. The molecule has 0 saturated carbocycles. The Bertz CT molecular complexity index is 3270. The normalized spacial score (nSPS) is 11.6. The van der Waals surface area contributed by atoms with Gasteiger partial charge in [-0.15, -0.1) is 0 Å². The standard InChI is InChI=1S/C51H31N3O/c1-2-14-34(15-3-1)49-52-50(38-27-25-33-13-5-7-17-36(33)31-38)54-51(53-49)44-29-28-42(40-18-8-9-19-41(40)44)43-21-11-23-46-47(43)45-22-10-20-39(48(45)55-46)37-26-24-32-12-4-6-16-35(32)30-37/h1-31H. The van der Waals surface area contributed by atoms with E-state index in [9.17, 15) is 0 Å². The summed E-state index contributed by atoms with van der Waals surface area (Å²) in [5.41, 5.74) is 9.04. The fourth-order valence-electron chi connectivity index (χ4n) is 8.06. The molecule has 0 aliphatic carbocycles. The molecule has 256 valence electrons. The second-order valence-electron chi connectivity index (χ2n) is 14.0. The summed E-state index contributed by atoms with van der Waals surface area (Å²) in [6.07, 6.45) is 0. The van der Waals surface area contributed by atoms with Crippen LogP contribution in [0.1, 0.15) is 0 Å². The van der Waals surface area contributed by atoms with Crippen LogP contribution in [0.15, 0.2) is 192 Å². The highest BCUT2D eigenvalue weighted by atomic mass is 16.3. The fraction of sp³-hybridized carbons (Fsp3) is 0. The minimum absolute atomic E-state index is 0.631. The molecule has 9 aromatic carbocycles. The maximum absolute atomic E-state index is 6.73. The molecule has 2 heterocycles. The van der Waals surface area contributed by atoms with E-state index in [1.807, 2.05) is 30.3 Å². The van der Waals surface area contributed by atoms with Gasteiger partial charge in [-0.05, 0) is 73.3 Å². The second-order valence-corrected chi connectivity index (χ2v) is 14.0. The Balaban J connectivity index is 1.09. The van der Waals surface area contributed by atoms with Crippen molar-refractivity contribution in [3.8, 4) is 56.4 Å². The van der Waals surface area contributed by atoms with Gasteiger partial charge in [0.1, 0.15) is 11.2 Å². The molecule has 0 saturated heterocycles. The van der Waals surface area contributed by atoms with Crippen molar-refractivity contribution in [3.05, 3.63) is 188 Å². The van der Waals surface area contributed by atoms with Gasteiger partial charge in [0.15, 0.2) is 17.5 Å². The molecule has 0 aliphatic heterocycles. The van der Waals surface area contributed by atoms with Crippen molar-refractivity contribution in [2.75, 3.05) is 0 Å². The number of hydrogen-bond donors (Lipinski definition) is 0. The zero-order valence-corrected chi connectivity index (χ0v) is 29.6. The largest absolute Gasteiger partial charge is 0.455 e. The number of fused-ring (bicyclic) bond motifs is 6. The molecule has 0 amide bonds. The number of nitrogens with zero attached hydrogens (tertiary/aromatic N) is 3. The van der Waals surface area contributed by atoms with Crippen molar-refractivity contribution < 1.29 is 4.42 Å². The molecular weight excluding hydrogens is 671 g/mol. The molecule has 11 rings (SSSR count). The molecule has 4 heteroatoms. The van der Waals surface area contributed by atoms with E-state index in [4.69, 9.17) is 19.4 Å². The Morgan fingerprint density at radius 1 is 0.309 bits per heavy atom. The lowest BCUT2D eigenvalue weighted by atomic mass is 9.91. The third kappa shape index (κ3) is 5.26. The smallest absolute Gasteiger partial charge is 0.164 e. The van der Waals surface area contributed by atoms with Gasteiger partial charge in [-0.2, -0.15) is 0 Å². The number of benzene rings is 9. The Morgan fingerprint density at radius 2 is 0.855 bits per heavy atom. The summed E-state index contributed by atoms with van der Waals surface area (Å²) in [6, 6.07) is 65.7. The van der Waals surface area contributed by atoms with E-state index in [0.29, 0.717) is 17.5 Å². The second kappa shape index (κ2) is 12.6. The highest BCUT2D eigenvalue weighted by Crippen LogP contribution is 2.44. The van der Waals surface area contributed by atoms with Crippen LogP contribution in [0.25, 0.3) is 111 Å². The van der Waals surface area contributed by atoms with Gasteiger partial charge in [-0.3, -0.25) is 0 Å². The van der Waals surface area contributed by atoms with Gasteiger partial charge in [0.2, 0.25) is 0 Å². The number of furan rings is 1. The topological polar surface area (TPSA) is 51.8 Å². The first-order valence-corrected chi connectivity index (χ1v) is 18.5. The summed E-state index contributed by atoms with van der Waals surface area (Å²) in [6.45, 7) is 0. The molecule has 2 aromatic heterocycles. The van der Waals surface area contributed by atoms with Gasteiger partial charge in [0, 0.05) is 33.0 Å². The summed E-state index contributed by atoms with van der Waals surface area (Å²) in [4.78, 5) is 15.3. The number of rotatable bonds is 5. The molecule has 0 fully saturated rings. The van der Waals surface area contributed by atoms with E-state index in [1.165, 1.54) is 16.2 Å². The fourth-order valence-corrected chi connectivity index (χ4v) is 8.06. The lowest BCUT2D eigenvalue weighted by molar-refractivity contribution is 0.670. The molecule has 4 nitrogen and oxygen atoms in total. The first-order valence-electron chi connectivity index (χ1n) is 18.5. The van der Waals surface area contributed by atoms with Gasteiger partial charge >= 0.3 is 0 Å². The van der Waals surface area contributed by atoms with Gasteiger partial charge in [0.05, 0.1) is 0 Å². The molecule has 11 aromatic rings. The lowest BCUT2D eigenvalue weighted by Crippen LogP contribution is -2.00. The van der Waals surface area contributed by atoms with Crippen LogP contribution in [0.4, 0.5) is 0 Å². The highest BCUT2D eigenvalue weighted by molar-refractivity contribution is 6.18. The molecule has 55 heavy (non-hydrogen) atoms. The van der Waals surface area contributed by atoms with Gasteiger partial charge in [-0.1, -0.05) is 164 Å². The van der Waals surface area contributed by atoms with Crippen molar-refractivity contribution in [1.82, 2.24) is 15.0 Å². The Hall–Kier alpha value is -7.43. The predicted molar refractivity (Wildman–Crippen MR) is 227 cm³/mol. The molecule has 0 unspecified atom stereocenters. The SMILES string of the molecule is c1ccc(-c2nc(-c3ccc4ccccc4c3)nc(-c3ccc(-c4cccc5oc6c(-c7ccc8ccccc8c7)cccc6c45)c4ccccc34)n2)cc1. The van der Waals surface area contributed by atoms with Crippen LogP contribution in [-0.2, 0) is 0 Å². The van der Waals surface area contributed by atoms with E-state index in [0.717, 1.165) is 77.0 Å². The number of hydrogen-bond acceptors (Lipinski definition) is 4. The zero-order chi connectivity index (χ0) is 36.3. The van der Waals surface area contributed by atoms with Crippen molar-refractivity contribution in [2.45, 2.75) is 0 Å². The Labute approximate surface area is 317 Å². The van der Waals surface area contributed by atoms with Crippen molar-refractivity contribution >= 4 is 54.3 Å². The van der Waals surface area contributed by atoms with Crippen molar-refractivity contribution in [2.24, 2.45) is 0 Å². The highest BCUT2D eigenvalue weighted by Gasteiger charge is 2.20. The molecule has 0 bridgehead atoms. The molecular formula is C51H31N3O. The van der Waals surface area contributed by atoms with E-state index in [1.54, 1.807) is 0 Å². The van der Waals surface area contributed by atoms with E-state index >= 15 is 0 Å². The molecule has 0 atom stereocenters. The third-order valence-corrected chi connectivity index (χ3v) is 10.7. The van der Waals surface area contributed by atoms with Crippen LogP contribution in [-0.4, -0.2) is 15.0 Å². The first-order chi connectivity index (χ1) is 27.2. The van der Waals surface area contributed by atoms with Crippen LogP contribution >= 0.6 is 0 Å². The first kappa shape index (κ1) is 31.1. The maximum Gasteiger partial charge on any atom is 0.164 e. The van der Waals surface area contributed by atoms with Crippen LogP contribution in [0.2, 0.25) is 0 Å². The molecule has 0 radical (unpaired) electrons. The summed E-state index contributed by atoms with van der Waals surface area (Å²) in [5, 5.41) is 9.12. The summed E-state index contributed by atoms with van der Waals surface area (Å²) in [7, 11) is 0. The number of para-hydroxylation sites is 1. The van der Waals surface area contributed by atoms with Crippen molar-refractivity contribution in [3.63, 3.8) is 0 Å². The average Bonchev–Trinajstić information content (AvgIpc) is 3.65. The van der Waals surface area contributed by atoms with Crippen LogP contribution in [0, 0.1) is 0 Å². The van der Waals surface area contributed by atoms with E-state index < -0.39 is 0 Å². The Morgan fingerprint density at radius 3 is 1.62 bits per heavy atom. The van der Waals surface area contributed by atoms with Crippen LogP contribution in [0.3, 0.4) is 0 Å². The zero-order valence-electron chi connectivity index (χ0n) is 29.6. The van der Waals surface area contributed by atoms with Gasteiger partial charge < -0.3 is 4.42 Å². The lowest BCUT2D eigenvalue weighted by Gasteiger charge is -2.14. The van der Waals surface area contributed by atoms with E-state index in [-0.39, 0.29) is 0 Å². The predicted octanol–water partition coefficient (Wildman–Crippen LogP) is 13.6.